The first-order valence-electron chi connectivity index (χ1n) is 12.1. The average Bonchev–Trinajstić information content (AvgIpc) is 3.11. The van der Waals surface area contributed by atoms with Crippen LogP contribution in [0.2, 0.25) is 0 Å². The van der Waals surface area contributed by atoms with Crippen molar-refractivity contribution in [2.24, 2.45) is 0 Å². The van der Waals surface area contributed by atoms with Gasteiger partial charge in [0.15, 0.2) is 0 Å². The number of unbranched alkanes of at least 4 members (excludes halogenated alkanes) is 1. The molecule has 2 aromatic carbocycles. The van der Waals surface area contributed by atoms with Gasteiger partial charge in [-0.25, -0.2) is 9.59 Å². The molecule has 0 radical (unpaired) electrons. The molecular weight excluding hydrogens is 446 g/mol. The van der Waals surface area contributed by atoms with Gasteiger partial charge in [-0.3, -0.25) is 4.79 Å². The molecule has 4 rings (SSSR count). The molecule has 0 aliphatic carbocycles. The van der Waals surface area contributed by atoms with Crippen molar-refractivity contribution in [3.63, 3.8) is 0 Å². The third-order valence-corrected chi connectivity index (χ3v) is 6.19. The molecule has 8 heteroatoms. The Morgan fingerprint density at radius 2 is 1.83 bits per heavy atom. The van der Waals surface area contributed by atoms with E-state index in [-0.39, 0.29) is 31.1 Å². The van der Waals surface area contributed by atoms with Gasteiger partial charge in [0.1, 0.15) is 5.92 Å². The largest absolute Gasteiger partial charge is 0.465 e. The molecule has 184 valence electrons. The summed E-state index contributed by atoms with van der Waals surface area (Å²) in [7, 11) is 0. The summed E-state index contributed by atoms with van der Waals surface area (Å²) in [6, 6.07) is 14.2. The molecule has 3 aromatic rings. The number of nitrogens with one attached hydrogen (secondary N) is 2. The van der Waals surface area contributed by atoms with Crippen molar-refractivity contribution in [2.75, 3.05) is 31.6 Å². The number of nitrogens with zero attached hydrogens (tertiary/aromatic N) is 1. The minimum Gasteiger partial charge on any atom is -0.465 e. The first kappa shape index (κ1) is 24.3. The van der Waals surface area contributed by atoms with E-state index in [1.54, 1.807) is 36.1 Å². The monoisotopic (exact) mass is 477 g/mol. The fourth-order valence-electron chi connectivity index (χ4n) is 4.34. The molecule has 0 saturated heterocycles. The summed E-state index contributed by atoms with van der Waals surface area (Å²) in [5.41, 5.74) is 3.81. The molecular formula is C27H31N3O5. The number of para-hydroxylation sites is 1. The van der Waals surface area contributed by atoms with Crippen molar-refractivity contribution in [2.45, 2.75) is 39.0 Å². The van der Waals surface area contributed by atoms with Crippen LogP contribution < -0.4 is 5.32 Å². The number of aromatic amines is 1. The normalized spacial score (nSPS) is 15.3. The summed E-state index contributed by atoms with van der Waals surface area (Å²) < 4.78 is 10.6. The van der Waals surface area contributed by atoms with Gasteiger partial charge in [0.25, 0.3) is 0 Å². The topological polar surface area (TPSA) is 101 Å². The molecule has 2 amide bonds. The fraction of sp³-hybridized carbons (Fsp3) is 0.370. The number of anilines is 1. The highest BCUT2D eigenvalue weighted by Crippen LogP contribution is 2.32. The molecule has 0 saturated carbocycles. The smallest absolute Gasteiger partial charge is 0.338 e. The van der Waals surface area contributed by atoms with E-state index in [1.807, 2.05) is 31.2 Å². The van der Waals surface area contributed by atoms with Gasteiger partial charge < -0.3 is 24.7 Å². The van der Waals surface area contributed by atoms with Crippen LogP contribution >= 0.6 is 0 Å². The number of urea groups is 1. The van der Waals surface area contributed by atoms with Crippen molar-refractivity contribution in [3.8, 4) is 0 Å². The number of carbonyl (C=O) groups excluding carboxylic acids is 3. The molecule has 1 atom stereocenters. The van der Waals surface area contributed by atoms with Crippen LogP contribution in [0.25, 0.3) is 10.9 Å². The lowest BCUT2D eigenvalue weighted by Crippen LogP contribution is -2.39. The molecule has 0 spiro atoms. The average molecular weight is 478 g/mol. The Morgan fingerprint density at radius 1 is 1.06 bits per heavy atom. The Morgan fingerprint density at radius 3 is 2.57 bits per heavy atom. The second-order valence-corrected chi connectivity index (χ2v) is 8.56. The SMILES string of the molecule is CCCCOC(=O)c1ccc(NC(=O)N2CCc3c([nH]c4ccccc34)C(C(=O)OCC)C2)cc1. The van der Waals surface area contributed by atoms with E-state index >= 15 is 0 Å². The highest BCUT2D eigenvalue weighted by Gasteiger charge is 2.34. The van der Waals surface area contributed by atoms with Crippen LogP contribution in [0.1, 0.15) is 54.2 Å². The number of hydrogen-bond donors (Lipinski definition) is 2. The van der Waals surface area contributed by atoms with Gasteiger partial charge in [0.2, 0.25) is 0 Å². The van der Waals surface area contributed by atoms with E-state index < -0.39 is 5.92 Å². The van der Waals surface area contributed by atoms with Crippen LogP contribution in [-0.4, -0.2) is 54.2 Å². The molecule has 0 fully saturated rings. The van der Waals surface area contributed by atoms with Gasteiger partial charge in [-0.2, -0.15) is 0 Å². The third kappa shape index (κ3) is 5.48. The molecule has 2 heterocycles. The number of benzene rings is 2. The van der Waals surface area contributed by atoms with Gasteiger partial charge in [-0.15, -0.1) is 0 Å². The Balaban J connectivity index is 1.48. The zero-order chi connectivity index (χ0) is 24.8. The summed E-state index contributed by atoms with van der Waals surface area (Å²) >= 11 is 0. The Labute approximate surface area is 204 Å². The highest BCUT2D eigenvalue weighted by molar-refractivity contribution is 5.93. The molecule has 8 nitrogen and oxygen atoms in total. The summed E-state index contributed by atoms with van der Waals surface area (Å²) in [5, 5.41) is 3.93. The summed E-state index contributed by atoms with van der Waals surface area (Å²) in [6.45, 7) is 5.12. The number of fused-ring (bicyclic) bond motifs is 3. The number of H-pyrrole nitrogens is 1. The maximum atomic E-state index is 13.1. The molecule has 1 aliphatic rings. The molecule has 1 unspecified atom stereocenters. The quantitative estimate of drug-likeness (QED) is 0.374. The number of rotatable bonds is 7. The minimum atomic E-state index is -0.606. The van der Waals surface area contributed by atoms with Crippen molar-refractivity contribution in [1.82, 2.24) is 9.88 Å². The van der Waals surface area contributed by atoms with Crippen LogP contribution in [-0.2, 0) is 20.7 Å². The summed E-state index contributed by atoms with van der Waals surface area (Å²) in [5.74, 6) is -1.34. The zero-order valence-electron chi connectivity index (χ0n) is 20.1. The van der Waals surface area contributed by atoms with E-state index in [0.29, 0.717) is 30.8 Å². The predicted octanol–water partition coefficient (Wildman–Crippen LogP) is 4.86. The second-order valence-electron chi connectivity index (χ2n) is 8.56. The first-order valence-corrected chi connectivity index (χ1v) is 12.1. The molecule has 1 aliphatic heterocycles. The number of amides is 2. The predicted molar refractivity (Wildman–Crippen MR) is 134 cm³/mol. The van der Waals surface area contributed by atoms with E-state index in [2.05, 4.69) is 10.3 Å². The minimum absolute atomic E-state index is 0.201. The number of hydrogen-bond acceptors (Lipinski definition) is 5. The second kappa shape index (κ2) is 11.1. The van der Waals surface area contributed by atoms with Crippen LogP contribution in [0.15, 0.2) is 48.5 Å². The Hall–Kier alpha value is -3.81. The van der Waals surface area contributed by atoms with Crippen molar-refractivity contribution < 1.29 is 23.9 Å². The molecule has 35 heavy (non-hydrogen) atoms. The third-order valence-electron chi connectivity index (χ3n) is 6.19. The van der Waals surface area contributed by atoms with E-state index in [4.69, 9.17) is 9.47 Å². The van der Waals surface area contributed by atoms with E-state index in [9.17, 15) is 14.4 Å². The number of carbonyl (C=O) groups is 3. The lowest BCUT2D eigenvalue weighted by molar-refractivity contribution is -0.145. The van der Waals surface area contributed by atoms with Crippen LogP contribution in [0.3, 0.4) is 0 Å². The molecule has 1 aromatic heterocycles. The maximum absolute atomic E-state index is 13.1. The number of aromatic nitrogens is 1. The Bertz CT molecular complexity index is 1200. The van der Waals surface area contributed by atoms with E-state index in [1.165, 1.54) is 0 Å². The van der Waals surface area contributed by atoms with Crippen molar-refractivity contribution in [1.29, 1.82) is 0 Å². The van der Waals surface area contributed by atoms with Crippen LogP contribution in [0, 0.1) is 0 Å². The van der Waals surface area contributed by atoms with Crippen molar-refractivity contribution in [3.05, 3.63) is 65.4 Å². The summed E-state index contributed by atoms with van der Waals surface area (Å²) in [6.07, 6.45) is 2.39. The maximum Gasteiger partial charge on any atom is 0.338 e. The van der Waals surface area contributed by atoms with Crippen LogP contribution in [0.5, 0.6) is 0 Å². The molecule has 0 bridgehead atoms. The van der Waals surface area contributed by atoms with Gasteiger partial charge in [-0.1, -0.05) is 31.5 Å². The van der Waals surface area contributed by atoms with Gasteiger partial charge in [-0.05, 0) is 55.7 Å². The lowest BCUT2D eigenvalue weighted by atomic mass is 10.00. The van der Waals surface area contributed by atoms with Gasteiger partial charge in [0.05, 0.1) is 18.8 Å². The Kier molecular flexibility index (Phi) is 7.70. The summed E-state index contributed by atoms with van der Waals surface area (Å²) in [4.78, 5) is 43.1. The standard InChI is InChI=1S/C27H31N3O5/c1-3-5-16-35-25(31)18-10-12-19(13-11-18)28-27(33)30-15-14-21-20-8-6-7-9-23(20)29-24(21)22(17-30)26(32)34-4-2/h6-13,22,29H,3-5,14-17H2,1-2H3,(H,28,33). The number of esters is 2. The van der Waals surface area contributed by atoms with E-state index in [0.717, 1.165) is 35.0 Å². The number of ether oxygens (including phenoxy) is 2. The fourth-order valence-corrected chi connectivity index (χ4v) is 4.34. The zero-order valence-corrected chi connectivity index (χ0v) is 20.1. The first-order chi connectivity index (χ1) is 17.0. The lowest BCUT2D eigenvalue weighted by Gasteiger charge is -2.24. The van der Waals surface area contributed by atoms with Crippen molar-refractivity contribution >= 4 is 34.6 Å². The van der Waals surface area contributed by atoms with Gasteiger partial charge in [0, 0.05) is 35.4 Å². The van der Waals surface area contributed by atoms with Crippen LogP contribution in [0.4, 0.5) is 10.5 Å². The molecule has 2 N–H and O–H groups in total. The van der Waals surface area contributed by atoms with Gasteiger partial charge >= 0.3 is 18.0 Å². The highest BCUT2D eigenvalue weighted by atomic mass is 16.5.